The first-order valence-electron chi connectivity index (χ1n) is 7.70. The molecular weight excluding hydrogens is 342 g/mol. The molecule has 0 amide bonds. The fourth-order valence-corrected chi connectivity index (χ4v) is 4.34. The standard InChI is InChI=1S/C17H19N3O2S2/c1-11-7-10-24-16(11)15-14(12-5-3-4-8-18-12)19-17(23)20(15)9-6-13(21)22-2/h3-5,7-8,10,14-15H,6,9H2,1-2H3,(H,19,23)/t14-,15+/m1/s1. The zero-order valence-electron chi connectivity index (χ0n) is 13.6. The molecule has 24 heavy (non-hydrogen) atoms. The number of thiophene rings is 1. The van der Waals surface area contributed by atoms with E-state index >= 15 is 0 Å². The molecule has 3 heterocycles. The topological polar surface area (TPSA) is 54.5 Å². The van der Waals surface area contributed by atoms with Crippen LogP contribution in [-0.4, -0.2) is 34.6 Å². The number of hydrogen-bond donors (Lipinski definition) is 1. The van der Waals surface area contributed by atoms with Gasteiger partial charge >= 0.3 is 5.97 Å². The van der Waals surface area contributed by atoms with Crippen molar-refractivity contribution in [2.45, 2.75) is 25.4 Å². The van der Waals surface area contributed by atoms with Gasteiger partial charge in [-0.3, -0.25) is 9.78 Å². The Bertz CT molecular complexity index is 732. The Morgan fingerprint density at radius 1 is 1.46 bits per heavy atom. The summed E-state index contributed by atoms with van der Waals surface area (Å²) in [5.74, 6) is -0.235. The van der Waals surface area contributed by atoms with Crippen LogP contribution in [0.15, 0.2) is 35.8 Å². The van der Waals surface area contributed by atoms with Crippen molar-refractivity contribution in [3.8, 4) is 0 Å². The van der Waals surface area contributed by atoms with E-state index < -0.39 is 0 Å². The smallest absolute Gasteiger partial charge is 0.307 e. The van der Waals surface area contributed by atoms with Crippen LogP contribution in [0.2, 0.25) is 0 Å². The molecule has 0 bridgehead atoms. The van der Waals surface area contributed by atoms with Crippen LogP contribution in [0.25, 0.3) is 0 Å². The number of nitrogens with zero attached hydrogens (tertiary/aromatic N) is 2. The fraction of sp³-hybridized carbons (Fsp3) is 0.353. The van der Waals surface area contributed by atoms with E-state index in [-0.39, 0.29) is 18.1 Å². The molecule has 1 aliphatic heterocycles. The summed E-state index contributed by atoms with van der Waals surface area (Å²) < 4.78 is 4.77. The number of hydrogen-bond acceptors (Lipinski definition) is 5. The fourth-order valence-electron chi connectivity index (χ4n) is 2.93. The van der Waals surface area contributed by atoms with E-state index in [1.54, 1.807) is 17.5 Å². The van der Waals surface area contributed by atoms with Crippen LogP contribution in [0.3, 0.4) is 0 Å². The van der Waals surface area contributed by atoms with Crippen molar-refractivity contribution in [2.75, 3.05) is 13.7 Å². The number of rotatable bonds is 5. The lowest BCUT2D eigenvalue weighted by molar-refractivity contribution is -0.140. The molecule has 0 saturated carbocycles. The molecule has 2 aromatic rings. The average Bonchev–Trinajstić information content (AvgIpc) is 3.16. The molecule has 1 fully saturated rings. The SMILES string of the molecule is COC(=O)CCN1C(=S)N[C@H](c2ccccn2)[C@H]1c1sccc1C. The molecular formula is C17H19N3O2S2. The van der Waals surface area contributed by atoms with Crippen molar-refractivity contribution in [3.63, 3.8) is 0 Å². The Morgan fingerprint density at radius 2 is 2.29 bits per heavy atom. The molecule has 0 aromatic carbocycles. The predicted octanol–water partition coefficient (Wildman–Crippen LogP) is 2.99. The van der Waals surface area contributed by atoms with Gasteiger partial charge in [-0.2, -0.15) is 0 Å². The molecule has 0 aliphatic carbocycles. The lowest BCUT2D eigenvalue weighted by Gasteiger charge is -2.27. The van der Waals surface area contributed by atoms with Crippen molar-refractivity contribution in [1.82, 2.24) is 15.2 Å². The first kappa shape index (κ1) is 16.9. The van der Waals surface area contributed by atoms with Crippen molar-refractivity contribution in [2.24, 2.45) is 0 Å². The maximum absolute atomic E-state index is 11.6. The number of aryl methyl sites for hydroxylation is 1. The van der Waals surface area contributed by atoms with Crippen molar-refractivity contribution in [3.05, 3.63) is 52.0 Å². The molecule has 2 atom stereocenters. The van der Waals surface area contributed by atoms with Gasteiger partial charge in [0.25, 0.3) is 0 Å². The highest BCUT2D eigenvalue weighted by atomic mass is 32.1. The summed E-state index contributed by atoms with van der Waals surface area (Å²) in [6.45, 7) is 2.62. The van der Waals surface area contributed by atoms with Gasteiger partial charge in [0.05, 0.1) is 31.3 Å². The molecule has 2 aromatic heterocycles. The van der Waals surface area contributed by atoms with Gasteiger partial charge in [0.1, 0.15) is 0 Å². The maximum Gasteiger partial charge on any atom is 0.307 e. The largest absolute Gasteiger partial charge is 0.469 e. The van der Waals surface area contributed by atoms with Crippen LogP contribution in [0.4, 0.5) is 0 Å². The summed E-state index contributed by atoms with van der Waals surface area (Å²) in [6, 6.07) is 7.97. The normalized spacial score (nSPS) is 20.1. The van der Waals surface area contributed by atoms with E-state index in [1.165, 1.54) is 17.6 Å². The van der Waals surface area contributed by atoms with Gasteiger partial charge in [-0.1, -0.05) is 6.07 Å². The first-order chi connectivity index (χ1) is 11.6. The molecule has 1 aliphatic rings. The number of thiocarbonyl (C=S) groups is 1. The van der Waals surface area contributed by atoms with E-state index in [0.29, 0.717) is 18.1 Å². The van der Waals surface area contributed by atoms with Crippen molar-refractivity contribution < 1.29 is 9.53 Å². The minimum absolute atomic E-state index is 0.0251. The summed E-state index contributed by atoms with van der Waals surface area (Å²) >= 11 is 7.25. The minimum Gasteiger partial charge on any atom is -0.469 e. The Kier molecular flexibility index (Phi) is 5.11. The summed E-state index contributed by atoms with van der Waals surface area (Å²) in [6.07, 6.45) is 2.09. The number of pyridine rings is 1. The zero-order chi connectivity index (χ0) is 17.1. The van der Waals surface area contributed by atoms with Gasteiger partial charge in [-0.15, -0.1) is 11.3 Å². The second kappa shape index (κ2) is 7.27. The van der Waals surface area contributed by atoms with E-state index in [0.717, 1.165) is 5.69 Å². The molecule has 1 saturated heterocycles. The molecule has 5 nitrogen and oxygen atoms in total. The third kappa shape index (κ3) is 3.27. The molecule has 0 unspecified atom stereocenters. The second-order valence-electron chi connectivity index (χ2n) is 5.61. The molecule has 3 rings (SSSR count). The summed E-state index contributed by atoms with van der Waals surface area (Å²) in [7, 11) is 1.40. The lowest BCUT2D eigenvalue weighted by Crippen LogP contribution is -2.31. The van der Waals surface area contributed by atoms with E-state index in [4.69, 9.17) is 17.0 Å². The van der Waals surface area contributed by atoms with Crippen LogP contribution in [-0.2, 0) is 9.53 Å². The number of carbonyl (C=O) groups excluding carboxylic acids is 1. The number of esters is 1. The third-order valence-corrected chi connectivity index (χ3v) is 5.59. The van der Waals surface area contributed by atoms with E-state index in [1.807, 2.05) is 18.2 Å². The van der Waals surface area contributed by atoms with Gasteiger partial charge in [0, 0.05) is 17.6 Å². The van der Waals surface area contributed by atoms with Crippen molar-refractivity contribution in [1.29, 1.82) is 0 Å². The van der Waals surface area contributed by atoms with Crippen LogP contribution in [0, 0.1) is 6.92 Å². The monoisotopic (exact) mass is 361 g/mol. The number of ether oxygens (including phenoxy) is 1. The van der Waals surface area contributed by atoms with Crippen LogP contribution in [0.1, 0.15) is 34.6 Å². The molecule has 1 N–H and O–H groups in total. The molecule has 0 spiro atoms. The quantitative estimate of drug-likeness (QED) is 0.653. The Hall–Kier alpha value is -1.99. The Labute approximate surface area is 150 Å². The third-order valence-electron chi connectivity index (χ3n) is 4.15. The molecule has 0 radical (unpaired) electrons. The van der Waals surface area contributed by atoms with Gasteiger partial charge < -0.3 is 15.0 Å². The lowest BCUT2D eigenvalue weighted by atomic mass is 10.0. The van der Waals surface area contributed by atoms with Crippen LogP contribution >= 0.6 is 23.6 Å². The Balaban J connectivity index is 1.94. The van der Waals surface area contributed by atoms with Gasteiger partial charge in [-0.25, -0.2) is 0 Å². The zero-order valence-corrected chi connectivity index (χ0v) is 15.2. The van der Waals surface area contributed by atoms with Gasteiger partial charge in [0.15, 0.2) is 5.11 Å². The summed E-state index contributed by atoms with van der Waals surface area (Å²) in [4.78, 5) is 19.4. The first-order valence-corrected chi connectivity index (χ1v) is 8.99. The second-order valence-corrected chi connectivity index (χ2v) is 6.95. The Morgan fingerprint density at radius 3 is 2.92 bits per heavy atom. The van der Waals surface area contributed by atoms with E-state index in [9.17, 15) is 4.79 Å². The van der Waals surface area contributed by atoms with Gasteiger partial charge in [-0.05, 0) is 48.3 Å². The number of carbonyl (C=O) groups is 1. The summed E-state index contributed by atoms with van der Waals surface area (Å²) in [5, 5.41) is 6.11. The van der Waals surface area contributed by atoms with E-state index in [2.05, 4.69) is 33.6 Å². The predicted molar refractivity (Wildman–Crippen MR) is 97.8 cm³/mol. The summed E-state index contributed by atoms with van der Waals surface area (Å²) in [5.41, 5.74) is 2.17. The maximum atomic E-state index is 11.6. The van der Waals surface area contributed by atoms with Crippen LogP contribution in [0.5, 0.6) is 0 Å². The van der Waals surface area contributed by atoms with Crippen LogP contribution < -0.4 is 5.32 Å². The molecule has 7 heteroatoms. The van der Waals surface area contributed by atoms with Crippen molar-refractivity contribution >= 4 is 34.6 Å². The number of aromatic nitrogens is 1. The highest BCUT2D eigenvalue weighted by Gasteiger charge is 2.40. The van der Waals surface area contributed by atoms with Gasteiger partial charge in [0.2, 0.25) is 0 Å². The highest BCUT2D eigenvalue weighted by molar-refractivity contribution is 7.80. The molecule has 126 valence electrons. The average molecular weight is 361 g/mol. The number of methoxy groups -OCH3 is 1. The minimum atomic E-state index is -0.235. The highest BCUT2D eigenvalue weighted by Crippen LogP contribution is 2.41. The number of nitrogens with one attached hydrogen (secondary N) is 1.